The fraction of sp³-hybridized carbons (Fsp3) is 0.600. The summed E-state index contributed by atoms with van der Waals surface area (Å²) in [5, 5.41) is 6.46. The quantitative estimate of drug-likeness (QED) is 0.735. The van der Waals surface area contributed by atoms with E-state index >= 15 is 0 Å². The number of methoxy groups -OCH3 is 1. The largest absolute Gasteiger partial charge is 0.465 e. The zero-order valence-electron chi connectivity index (χ0n) is 16.0. The number of esters is 1. The van der Waals surface area contributed by atoms with E-state index in [1.165, 1.54) is 25.6 Å². The Balaban J connectivity index is 1.48. The Kier molecular flexibility index (Phi) is 5.30. The molecule has 3 saturated heterocycles. The van der Waals surface area contributed by atoms with Crippen molar-refractivity contribution in [3.8, 4) is 0 Å². The number of amides is 2. The van der Waals surface area contributed by atoms with Gasteiger partial charge in [-0.3, -0.25) is 14.6 Å². The molecule has 0 spiro atoms. The lowest BCUT2D eigenvalue weighted by Crippen LogP contribution is -2.66. The first-order valence-electron chi connectivity index (χ1n) is 9.92. The van der Waals surface area contributed by atoms with Gasteiger partial charge in [-0.2, -0.15) is 0 Å². The van der Waals surface area contributed by atoms with Gasteiger partial charge in [0.2, 0.25) is 5.91 Å². The summed E-state index contributed by atoms with van der Waals surface area (Å²) in [6.07, 6.45) is 6.48. The number of ether oxygens (including phenoxy) is 1. The number of rotatable bonds is 4. The van der Waals surface area contributed by atoms with Crippen LogP contribution >= 0.6 is 0 Å². The number of carbonyl (C=O) groups excluding carboxylic acids is 3. The molecular formula is C20H26N4O4. The first kappa shape index (κ1) is 18.9. The summed E-state index contributed by atoms with van der Waals surface area (Å²) in [6, 6.07) is 1.75. The predicted octanol–water partition coefficient (Wildman–Crippen LogP) is 0.587. The molecule has 0 radical (unpaired) electrons. The van der Waals surface area contributed by atoms with Crippen molar-refractivity contribution >= 4 is 17.8 Å². The van der Waals surface area contributed by atoms with Crippen molar-refractivity contribution in [1.29, 1.82) is 0 Å². The number of fused-ring (bicyclic) bond motifs is 4. The minimum atomic E-state index is -0.532. The normalized spacial score (nSPS) is 29.0. The van der Waals surface area contributed by atoms with Crippen LogP contribution in [-0.4, -0.2) is 66.5 Å². The van der Waals surface area contributed by atoms with Crippen LogP contribution in [0.4, 0.5) is 0 Å². The van der Waals surface area contributed by atoms with E-state index in [0.717, 1.165) is 32.4 Å². The maximum Gasteiger partial charge on any atom is 0.339 e. The average molecular weight is 386 g/mol. The van der Waals surface area contributed by atoms with Crippen molar-refractivity contribution in [2.75, 3.05) is 26.7 Å². The minimum absolute atomic E-state index is 0.00236. The van der Waals surface area contributed by atoms with Crippen molar-refractivity contribution < 1.29 is 19.1 Å². The molecular weight excluding hydrogens is 360 g/mol. The molecule has 4 rings (SSSR count). The molecule has 8 nitrogen and oxygen atoms in total. The van der Waals surface area contributed by atoms with E-state index in [2.05, 4.69) is 25.3 Å². The smallest absolute Gasteiger partial charge is 0.339 e. The lowest BCUT2D eigenvalue weighted by Gasteiger charge is -2.54. The Bertz CT molecular complexity index is 783. The molecule has 2 amide bonds. The third-order valence-electron chi connectivity index (χ3n) is 6.29. The van der Waals surface area contributed by atoms with Crippen LogP contribution in [0.5, 0.6) is 0 Å². The first-order chi connectivity index (χ1) is 13.6. The lowest BCUT2D eigenvalue weighted by molar-refractivity contribution is -0.148. The van der Waals surface area contributed by atoms with E-state index in [-0.39, 0.29) is 29.5 Å². The third kappa shape index (κ3) is 3.48. The van der Waals surface area contributed by atoms with Crippen LogP contribution in [-0.2, 0) is 9.53 Å². The molecule has 150 valence electrons. The molecule has 4 atom stereocenters. The van der Waals surface area contributed by atoms with E-state index in [1.54, 1.807) is 0 Å². The van der Waals surface area contributed by atoms with Gasteiger partial charge in [0.25, 0.3) is 5.91 Å². The highest BCUT2D eigenvalue weighted by molar-refractivity contribution is 5.97. The van der Waals surface area contributed by atoms with E-state index in [0.29, 0.717) is 30.4 Å². The van der Waals surface area contributed by atoms with Crippen LogP contribution in [0.15, 0.2) is 18.5 Å². The van der Waals surface area contributed by atoms with E-state index < -0.39 is 5.97 Å². The fourth-order valence-electron chi connectivity index (χ4n) is 4.99. The highest BCUT2D eigenvalue weighted by atomic mass is 16.5. The Morgan fingerprint density at radius 1 is 1.29 bits per heavy atom. The second-order valence-electron chi connectivity index (χ2n) is 7.91. The molecule has 1 aromatic heterocycles. The lowest BCUT2D eigenvalue weighted by atomic mass is 9.72. The summed E-state index contributed by atoms with van der Waals surface area (Å²) in [6.45, 7) is 2.24. The Hall–Kier alpha value is -2.48. The molecule has 0 aromatic carbocycles. The predicted molar refractivity (Wildman–Crippen MR) is 101 cm³/mol. The molecule has 3 aliphatic heterocycles. The first-order valence-corrected chi connectivity index (χ1v) is 9.92. The minimum Gasteiger partial charge on any atom is -0.465 e. The maximum absolute atomic E-state index is 12.7. The zero-order chi connectivity index (χ0) is 19.7. The molecule has 3 aliphatic rings. The topological polar surface area (TPSA) is 101 Å². The van der Waals surface area contributed by atoms with Gasteiger partial charge in [0.15, 0.2) is 0 Å². The third-order valence-corrected chi connectivity index (χ3v) is 6.29. The monoisotopic (exact) mass is 386 g/mol. The van der Waals surface area contributed by atoms with Gasteiger partial charge in [0, 0.05) is 37.9 Å². The Morgan fingerprint density at radius 3 is 2.89 bits per heavy atom. The SMILES string of the molecule is COC(=O)c1cncc(C(=O)NC[C@H]2[C@@H]3CNC[C@@H](C3)[C@@H]3CCCC(=O)N32)c1. The summed E-state index contributed by atoms with van der Waals surface area (Å²) in [7, 11) is 1.29. The van der Waals surface area contributed by atoms with Crippen LogP contribution in [0.25, 0.3) is 0 Å². The number of hydrogen-bond acceptors (Lipinski definition) is 6. The molecule has 8 heteroatoms. The second kappa shape index (κ2) is 7.87. The number of nitrogens with one attached hydrogen (secondary N) is 2. The van der Waals surface area contributed by atoms with Crippen molar-refractivity contribution in [3.05, 3.63) is 29.6 Å². The highest BCUT2D eigenvalue weighted by Crippen LogP contribution is 2.39. The van der Waals surface area contributed by atoms with Gasteiger partial charge >= 0.3 is 5.97 Å². The van der Waals surface area contributed by atoms with Crippen LogP contribution in [0.3, 0.4) is 0 Å². The van der Waals surface area contributed by atoms with Crippen molar-refractivity contribution in [3.63, 3.8) is 0 Å². The van der Waals surface area contributed by atoms with Gasteiger partial charge in [0.05, 0.1) is 24.3 Å². The molecule has 2 bridgehead atoms. The van der Waals surface area contributed by atoms with Gasteiger partial charge in [-0.1, -0.05) is 0 Å². The summed E-state index contributed by atoms with van der Waals surface area (Å²) in [4.78, 5) is 43.0. The summed E-state index contributed by atoms with van der Waals surface area (Å²) in [5.74, 6) is 0.231. The Labute approximate surface area is 164 Å². The number of pyridine rings is 1. The van der Waals surface area contributed by atoms with Gasteiger partial charge in [-0.15, -0.1) is 0 Å². The Morgan fingerprint density at radius 2 is 2.07 bits per heavy atom. The second-order valence-corrected chi connectivity index (χ2v) is 7.91. The molecule has 28 heavy (non-hydrogen) atoms. The molecule has 4 heterocycles. The van der Waals surface area contributed by atoms with Gasteiger partial charge in [-0.05, 0) is 43.7 Å². The zero-order valence-corrected chi connectivity index (χ0v) is 16.0. The molecule has 0 aliphatic carbocycles. The molecule has 2 N–H and O–H groups in total. The molecule has 0 saturated carbocycles. The fourth-order valence-corrected chi connectivity index (χ4v) is 4.99. The van der Waals surface area contributed by atoms with Crippen LogP contribution < -0.4 is 10.6 Å². The average Bonchev–Trinajstić information content (AvgIpc) is 2.73. The van der Waals surface area contributed by atoms with Crippen molar-refractivity contribution in [2.45, 2.75) is 37.8 Å². The number of carbonyl (C=O) groups is 3. The van der Waals surface area contributed by atoms with Crippen molar-refractivity contribution in [1.82, 2.24) is 20.5 Å². The van der Waals surface area contributed by atoms with E-state index in [9.17, 15) is 14.4 Å². The summed E-state index contributed by atoms with van der Waals surface area (Å²) in [5.41, 5.74) is 0.540. The van der Waals surface area contributed by atoms with Crippen LogP contribution in [0.1, 0.15) is 46.4 Å². The highest BCUT2D eigenvalue weighted by Gasteiger charge is 2.47. The maximum atomic E-state index is 12.7. The molecule has 0 unspecified atom stereocenters. The number of nitrogens with zero attached hydrogens (tertiary/aromatic N) is 2. The number of aromatic nitrogens is 1. The summed E-state index contributed by atoms with van der Waals surface area (Å²) < 4.78 is 4.68. The van der Waals surface area contributed by atoms with Crippen molar-refractivity contribution in [2.24, 2.45) is 11.8 Å². The summed E-state index contributed by atoms with van der Waals surface area (Å²) >= 11 is 0. The number of piperidine rings is 3. The van der Waals surface area contributed by atoms with Gasteiger partial charge in [-0.25, -0.2) is 4.79 Å². The van der Waals surface area contributed by atoms with E-state index in [4.69, 9.17) is 0 Å². The number of hydrogen-bond donors (Lipinski definition) is 2. The molecule has 1 aromatic rings. The van der Waals surface area contributed by atoms with Crippen LogP contribution in [0, 0.1) is 11.8 Å². The van der Waals surface area contributed by atoms with Gasteiger partial charge in [0.1, 0.15) is 0 Å². The van der Waals surface area contributed by atoms with E-state index in [1.807, 2.05) is 0 Å². The molecule has 3 fully saturated rings. The van der Waals surface area contributed by atoms with Crippen LogP contribution in [0.2, 0.25) is 0 Å². The standard InChI is InChI=1S/C20H26N4O4/c1-28-20(27)15-6-14(9-22-10-15)19(26)23-11-17-13-5-12(7-21-8-13)16-3-2-4-18(25)24(16)17/h6,9-10,12-13,16-17,21H,2-5,7-8,11H2,1H3,(H,23,26)/t12-,13+,16+,17+/m1/s1. The van der Waals surface area contributed by atoms with Gasteiger partial charge < -0.3 is 20.3 Å².